The normalized spacial score (nSPS) is 10.9. The number of anilines is 1. The number of nitrogens with zero attached hydrogens (tertiary/aromatic N) is 2. The summed E-state index contributed by atoms with van der Waals surface area (Å²) in [5.74, 6) is 0.942. The van der Waals surface area contributed by atoms with E-state index in [0.29, 0.717) is 0 Å². The molecule has 2 N–H and O–H groups in total. The van der Waals surface area contributed by atoms with E-state index in [0.717, 1.165) is 36.5 Å². The first kappa shape index (κ1) is 11.0. The number of H-pyrrole nitrogens is 1. The van der Waals surface area contributed by atoms with Crippen molar-refractivity contribution < 1.29 is 0 Å². The zero-order chi connectivity index (χ0) is 11.4. The topological polar surface area (TPSA) is 44.0 Å². The standard InChI is InChI=1S/C12H18N4/c1-13-8-5-9-16(2)12-14-10-6-3-4-7-11(10)15-12/h3-4,6-7,13H,5,8-9H2,1-2H3,(H,14,15). The van der Waals surface area contributed by atoms with Crippen LogP contribution in [0.4, 0.5) is 5.95 Å². The number of fused-ring (bicyclic) bond motifs is 1. The van der Waals surface area contributed by atoms with Crippen LogP contribution in [-0.4, -0.2) is 37.2 Å². The Bertz CT molecular complexity index is 416. The van der Waals surface area contributed by atoms with Gasteiger partial charge >= 0.3 is 0 Å². The summed E-state index contributed by atoms with van der Waals surface area (Å²) in [6, 6.07) is 8.10. The first-order valence-electron chi connectivity index (χ1n) is 5.62. The van der Waals surface area contributed by atoms with E-state index in [1.807, 2.05) is 31.3 Å². The van der Waals surface area contributed by atoms with E-state index in [2.05, 4.69) is 27.2 Å². The van der Waals surface area contributed by atoms with E-state index in [1.165, 1.54) is 0 Å². The van der Waals surface area contributed by atoms with Gasteiger partial charge in [-0.2, -0.15) is 0 Å². The van der Waals surface area contributed by atoms with Crippen molar-refractivity contribution in [1.82, 2.24) is 15.3 Å². The molecule has 0 atom stereocenters. The van der Waals surface area contributed by atoms with Crippen LogP contribution in [0.1, 0.15) is 6.42 Å². The predicted octanol–water partition coefficient (Wildman–Crippen LogP) is 1.61. The molecule has 0 amide bonds. The molecule has 0 bridgehead atoms. The molecule has 0 spiro atoms. The number of aromatic amines is 1. The number of imidazole rings is 1. The molecule has 2 aromatic rings. The Labute approximate surface area is 95.7 Å². The monoisotopic (exact) mass is 218 g/mol. The van der Waals surface area contributed by atoms with Gasteiger partial charge in [0.1, 0.15) is 0 Å². The lowest BCUT2D eigenvalue weighted by atomic mass is 10.3. The fourth-order valence-electron chi connectivity index (χ4n) is 1.72. The summed E-state index contributed by atoms with van der Waals surface area (Å²) in [7, 11) is 4.04. The van der Waals surface area contributed by atoms with Gasteiger partial charge in [-0.1, -0.05) is 12.1 Å². The molecule has 0 aliphatic heterocycles. The number of para-hydroxylation sites is 2. The van der Waals surface area contributed by atoms with Gasteiger partial charge in [0.2, 0.25) is 5.95 Å². The number of hydrogen-bond donors (Lipinski definition) is 2. The fraction of sp³-hybridized carbons (Fsp3) is 0.417. The van der Waals surface area contributed by atoms with Crippen LogP contribution < -0.4 is 10.2 Å². The van der Waals surface area contributed by atoms with Crippen LogP contribution in [0.15, 0.2) is 24.3 Å². The highest BCUT2D eigenvalue weighted by Crippen LogP contribution is 2.15. The Kier molecular flexibility index (Phi) is 3.41. The zero-order valence-corrected chi connectivity index (χ0v) is 9.83. The predicted molar refractivity (Wildman–Crippen MR) is 67.9 cm³/mol. The van der Waals surface area contributed by atoms with Gasteiger partial charge < -0.3 is 15.2 Å². The van der Waals surface area contributed by atoms with Crippen molar-refractivity contribution in [2.45, 2.75) is 6.42 Å². The lowest BCUT2D eigenvalue weighted by molar-refractivity contribution is 0.706. The smallest absolute Gasteiger partial charge is 0.203 e. The summed E-state index contributed by atoms with van der Waals surface area (Å²) in [6.45, 7) is 2.03. The third kappa shape index (κ3) is 2.33. The molecule has 0 aliphatic rings. The van der Waals surface area contributed by atoms with E-state index in [1.54, 1.807) is 0 Å². The van der Waals surface area contributed by atoms with Crippen molar-refractivity contribution in [3.63, 3.8) is 0 Å². The Morgan fingerprint density at radius 3 is 2.94 bits per heavy atom. The Morgan fingerprint density at radius 1 is 1.38 bits per heavy atom. The molecule has 86 valence electrons. The largest absolute Gasteiger partial charge is 0.345 e. The molecule has 2 rings (SSSR count). The van der Waals surface area contributed by atoms with Gasteiger partial charge in [0.25, 0.3) is 0 Å². The molecule has 1 aromatic carbocycles. The number of rotatable bonds is 5. The van der Waals surface area contributed by atoms with Crippen LogP contribution in [0.3, 0.4) is 0 Å². The first-order chi connectivity index (χ1) is 7.81. The average molecular weight is 218 g/mol. The van der Waals surface area contributed by atoms with Gasteiger partial charge in [-0.3, -0.25) is 0 Å². The highest BCUT2D eigenvalue weighted by atomic mass is 15.2. The summed E-state index contributed by atoms with van der Waals surface area (Å²) in [5, 5.41) is 3.14. The summed E-state index contributed by atoms with van der Waals surface area (Å²) in [5.41, 5.74) is 2.12. The Hall–Kier alpha value is -1.55. The summed E-state index contributed by atoms with van der Waals surface area (Å²) < 4.78 is 0. The molecule has 0 aliphatic carbocycles. The van der Waals surface area contributed by atoms with E-state index in [-0.39, 0.29) is 0 Å². The molecule has 0 saturated heterocycles. The Balaban J connectivity index is 2.07. The molecule has 0 saturated carbocycles. The molecule has 16 heavy (non-hydrogen) atoms. The maximum atomic E-state index is 4.54. The van der Waals surface area contributed by atoms with Crippen LogP contribution in [0.25, 0.3) is 11.0 Å². The molecular formula is C12H18N4. The van der Waals surface area contributed by atoms with Crippen molar-refractivity contribution in [1.29, 1.82) is 0 Å². The number of benzene rings is 1. The van der Waals surface area contributed by atoms with Gasteiger partial charge in [-0.05, 0) is 32.1 Å². The second kappa shape index (κ2) is 4.99. The Morgan fingerprint density at radius 2 is 2.19 bits per heavy atom. The van der Waals surface area contributed by atoms with Gasteiger partial charge in [0.05, 0.1) is 11.0 Å². The third-order valence-corrected chi connectivity index (χ3v) is 2.66. The molecule has 1 heterocycles. The van der Waals surface area contributed by atoms with Crippen LogP contribution in [0, 0.1) is 0 Å². The SMILES string of the molecule is CNCCCN(C)c1nc2ccccc2[nH]1. The van der Waals surface area contributed by atoms with Crippen molar-refractivity contribution >= 4 is 17.0 Å². The molecule has 4 heteroatoms. The minimum atomic E-state index is 0.942. The van der Waals surface area contributed by atoms with Crippen LogP contribution in [0.5, 0.6) is 0 Å². The van der Waals surface area contributed by atoms with E-state index < -0.39 is 0 Å². The first-order valence-corrected chi connectivity index (χ1v) is 5.62. The van der Waals surface area contributed by atoms with E-state index >= 15 is 0 Å². The van der Waals surface area contributed by atoms with Crippen molar-refractivity contribution in [2.24, 2.45) is 0 Å². The highest BCUT2D eigenvalue weighted by Gasteiger charge is 2.05. The lowest BCUT2D eigenvalue weighted by Crippen LogP contribution is -2.23. The van der Waals surface area contributed by atoms with E-state index in [4.69, 9.17) is 0 Å². The molecule has 0 unspecified atom stereocenters. The average Bonchev–Trinajstić information content (AvgIpc) is 2.73. The number of nitrogens with one attached hydrogen (secondary N) is 2. The number of hydrogen-bond acceptors (Lipinski definition) is 3. The third-order valence-electron chi connectivity index (χ3n) is 2.66. The molecule has 0 fully saturated rings. The minimum absolute atomic E-state index is 0.942. The minimum Gasteiger partial charge on any atom is -0.345 e. The van der Waals surface area contributed by atoms with Gasteiger partial charge in [-0.15, -0.1) is 0 Å². The van der Waals surface area contributed by atoms with Gasteiger partial charge in [0.15, 0.2) is 0 Å². The zero-order valence-electron chi connectivity index (χ0n) is 9.83. The quantitative estimate of drug-likeness (QED) is 0.749. The maximum Gasteiger partial charge on any atom is 0.203 e. The maximum absolute atomic E-state index is 4.54. The molecule has 0 radical (unpaired) electrons. The second-order valence-corrected chi connectivity index (χ2v) is 3.96. The molecule has 4 nitrogen and oxygen atoms in total. The van der Waals surface area contributed by atoms with E-state index in [9.17, 15) is 0 Å². The molecular weight excluding hydrogens is 200 g/mol. The van der Waals surface area contributed by atoms with Crippen molar-refractivity contribution in [2.75, 3.05) is 32.1 Å². The van der Waals surface area contributed by atoms with Crippen LogP contribution in [0.2, 0.25) is 0 Å². The van der Waals surface area contributed by atoms with Crippen molar-refractivity contribution in [3.8, 4) is 0 Å². The summed E-state index contributed by atoms with van der Waals surface area (Å²) in [6.07, 6.45) is 1.12. The van der Waals surface area contributed by atoms with Gasteiger partial charge in [0, 0.05) is 13.6 Å². The second-order valence-electron chi connectivity index (χ2n) is 3.96. The summed E-state index contributed by atoms with van der Waals surface area (Å²) >= 11 is 0. The highest BCUT2D eigenvalue weighted by molar-refractivity contribution is 5.77. The fourth-order valence-corrected chi connectivity index (χ4v) is 1.72. The van der Waals surface area contributed by atoms with Crippen LogP contribution >= 0.6 is 0 Å². The molecule has 1 aromatic heterocycles. The van der Waals surface area contributed by atoms with Crippen molar-refractivity contribution in [3.05, 3.63) is 24.3 Å². The lowest BCUT2D eigenvalue weighted by Gasteiger charge is -2.15. The van der Waals surface area contributed by atoms with Crippen LogP contribution in [-0.2, 0) is 0 Å². The van der Waals surface area contributed by atoms with Gasteiger partial charge in [-0.25, -0.2) is 4.98 Å². The summed E-state index contributed by atoms with van der Waals surface area (Å²) in [4.78, 5) is 10.0. The number of aromatic nitrogens is 2.